The first-order valence-corrected chi connectivity index (χ1v) is 7.64. The highest BCUT2D eigenvalue weighted by atomic mass is 32.2. The first kappa shape index (κ1) is 13.7. The van der Waals surface area contributed by atoms with Crippen LogP contribution in [0.1, 0.15) is 10.4 Å². The summed E-state index contributed by atoms with van der Waals surface area (Å²) in [5, 5.41) is 14.0. The number of carbonyl (C=O) groups is 1. The van der Waals surface area contributed by atoms with Gasteiger partial charge in [0.05, 0.1) is 12.1 Å². The van der Waals surface area contributed by atoms with Crippen LogP contribution in [0, 0.1) is 0 Å². The monoisotopic (exact) mass is 301 g/mol. The summed E-state index contributed by atoms with van der Waals surface area (Å²) in [4.78, 5) is 10.7. The van der Waals surface area contributed by atoms with E-state index in [0.29, 0.717) is 6.54 Å². The van der Waals surface area contributed by atoms with Crippen LogP contribution in [0.2, 0.25) is 0 Å². The molecular formula is C10H11N3O4S2. The fourth-order valence-electron chi connectivity index (χ4n) is 1.37. The van der Waals surface area contributed by atoms with Crippen molar-refractivity contribution in [2.75, 3.05) is 6.54 Å². The molecule has 0 fully saturated rings. The Balaban J connectivity index is 1.99. The number of carboxylic acids is 1. The smallest absolute Gasteiger partial charge is 0.336 e. The molecule has 0 amide bonds. The molecule has 0 radical (unpaired) electrons. The predicted molar refractivity (Wildman–Crippen MR) is 68.7 cm³/mol. The van der Waals surface area contributed by atoms with Crippen LogP contribution >= 0.6 is 11.3 Å². The highest BCUT2D eigenvalue weighted by Gasteiger charge is 2.18. The molecule has 9 heteroatoms. The first-order chi connectivity index (χ1) is 8.99. The molecule has 7 nitrogen and oxygen atoms in total. The van der Waals surface area contributed by atoms with Crippen molar-refractivity contribution < 1.29 is 18.3 Å². The van der Waals surface area contributed by atoms with Crippen LogP contribution < -0.4 is 4.72 Å². The standard InChI is InChI=1S/C10H11N3O4S2/c14-10(15)8-6-9(18-7-8)19(16,17)12-3-5-13-4-1-2-11-13/h1-2,4,6-7,12H,3,5H2,(H,14,15). The van der Waals surface area contributed by atoms with Crippen molar-refractivity contribution in [3.05, 3.63) is 35.5 Å². The number of rotatable bonds is 6. The molecule has 0 aromatic carbocycles. The summed E-state index contributed by atoms with van der Waals surface area (Å²) >= 11 is 0.879. The van der Waals surface area contributed by atoms with Gasteiger partial charge < -0.3 is 5.11 Å². The van der Waals surface area contributed by atoms with Crippen molar-refractivity contribution in [2.24, 2.45) is 0 Å². The van der Waals surface area contributed by atoms with E-state index in [2.05, 4.69) is 9.82 Å². The van der Waals surface area contributed by atoms with E-state index in [4.69, 9.17) is 5.11 Å². The SMILES string of the molecule is O=C(O)c1csc(S(=O)(=O)NCCn2cccn2)c1. The summed E-state index contributed by atoms with van der Waals surface area (Å²) in [5.41, 5.74) is -0.0301. The van der Waals surface area contributed by atoms with Crippen LogP contribution in [-0.2, 0) is 16.6 Å². The molecule has 0 spiro atoms. The van der Waals surface area contributed by atoms with Crippen molar-refractivity contribution in [3.8, 4) is 0 Å². The van der Waals surface area contributed by atoms with Gasteiger partial charge in [-0.05, 0) is 12.1 Å². The largest absolute Gasteiger partial charge is 0.478 e. The predicted octanol–water partition coefficient (Wildman–Crippen LogP) is 0.621. The normalized spacial score (nSPS) is 11.6. The van der Waals surface area contributed by atoms with Crippen LogP contribution in [-0.4, -0.2) is 35.8 Å². The van der Waals surface area contributed by atoms with Gasteiger partial charge in [0.2, 0.25) is 10.0 Å². The van der Waals surface area contributed by atoms with E-state index in [0.717, 1.165) is 17.4 Å². The second-order valence-electron chi connectivity index (χ2n) is 3.63. The van der Waals surface area contributed by atoms with E-state index < -0.39 is 16.0 Å². The van der Waals surface area contributed by atoms with Gasteiger partial charge in [-0.25, -0.2) is 17.9 Å². The van der Waals surface area contributed by atoms with Crippen molar-refractivity contribution in [1.29, 1.82) is 0 Å². The lowest BCUT2D eigenvalue weighted by molar-refractivity contribution is 0.0697. The van der Waals surface area contributed by atoms with Crippen LogP contribution in [0.3, 0.4) is 0 Å². The number of aromatic carboxylic acids is 1. The van der Waals surface area contributed by atoms with Crippen molar-refractivity contribution >= 4 is 27.3 Å². The third-order valence-electron chi connectivity index (χ3n) is 2.28. The van der Waals surface area contributed by atoms with Crippen LogP contribution in [0.5, 0.6) is 0 Å². The Bertz CT molecular complexity index is 661. The van der Waals surface area contributed by atoms with E-state index >= 15 is 0 Å². The quantitative estimate of drug-likeness (QED) is 0.814. The highest BCUT2D eigenvalue weighted by molar-refractivity contribution is 7.91. The highest BCUT2D eigenvalue weighted by Crippen LogP contribution is 2.19. The molecule has 0 aliphatic heterocycles. The Morgan fingerprint density at radius 2 is 2.32 bits per heavy atom. The van der Waals surface area contributed by atoms with Crippen LogP contribution in [0.25, 0.3) is 0 Å². The Hall–Kier alpha value is -1.71. The number of sulfonamides is 1. The van der Waals surface area contributed by atoms with Crippen LogP contribution in [0.4, 0.5) is 0 Å². The van der Waals surface area contributed by atoms with E-state index in [-0.39, 0.29) is 16.3 Å². The van der Waals surface area contributed by atoms with E-state index in [1.165, 1.54) is 5.38 Å². The molecule has 0 bridgehead atoms. The molecule has 2 aromatic rings. The van der Waals surface area contributed by atoms with E-state index in [1.54, 1.807) is 23.1 Å². The fraction of sp³-hybridized carbons (Fsp3) is 0.200. The number of nitrogens with zero attached hydrogens (tertiary/aromatic N) is 2. The van der Waals surface area contributed by atoms with Gasteiger partial charge in [0.15, 0.2) is 0 Å². The number of thiophene rings is 1. The molecule has 0 unspecified atom stereocenters. The lowest BCUT2D eigenvalue weighted by atomic mass is 10.4. The Labute approximate surface area is 113 Å². The van der Waals surface area contributed by atoms with Gasteiger partial charge in [0, 0.05) is 24.3 Å². The van der Waals surface area contributed by atoms with E-state index in [9.17, 15) is 13.2 Å². The zero-order chi connectivity index (χ0) is 13.9. The minimum Gasteiger partial charge on any atom is -0.478 e. The fourth-order valence-corrected chi connectivity index (χ4v) is 3.59. The third kappa shape index (κ3) is 3.40. The molecule has 0 saturated heterocycles. The number of hydrogen-bond donors (Lipinski definition) is 2. The van der Waals surface area contributed by atoms with Gasteiger partial charge in [-0.15, -0.1) is 11.3 Å². The van der Waals surface area contributed by atoms with Crippen molar-refractivity contribution in [2.45, 2.75) is 10.8 Å². The average molecular weight is 301 g/mol. The number of hydrogen-bond acceptors (Lipinski definition) is 5. The summed E-state index contributed by atoms with van der Waals surface area (Å²) in [5.74, 6) is -1.14. The third-order valence-corrected chi connectivity index (χ3v) is 5.18. The molecule has 0 aliphatic carbocycles. The topological polar surface area (TPSA) is 101 Å². The summed E-state index contributed by atoms with van der Waals surface area (Å²) in [6.07, 6.45) is 3.33. The van der Waals surface area contributed by atoms with Crippen molar-refractivity contribution in [3.63, 3.8) is 0 Å². The summed E-state index contributed by atoms with van der Waals surface area (Å²) in [6, 6.07) is 2.89. The van der Waals surface area contributed by atoms with Crippen molar-refractivity contribution in [1.82, 2.24) is 14.5 Å². The molecule has 0 aliphatic rings. The number of nitrogens with one attached hydrogen (secondary N) is 1. The maximum absolute atomic E-state index is 11.9. The second kappa shape index (κ2) is 5.51. The summed E-state index contributed by atoms with van der Waals surface area (Å²) < 4.78 is 27.7. The lowest BCUT2D eigenvalue weighted by Gasteiger charge is -2.04. The zero-order valence-electron chi connectivity index (χ0n) is 9.68. The van der Waals surface area contributed by atoms with Gasteiger partial charge in [-0.1, -0.05) is 0 Å². The minimum atomic E-state index is -3.66. The first-order valence-electron chi connectivity index (χ1n) is 5.28. The van der Waals surface area contributed by atoms with Gasteiger partial charge in [0.1, 0.15) is 4.21 Å². The van der Waals surface area contributed by atoms with Gasteiger partial charge >= 0.3 is 5.97 Å². The van der Waals surface area contributed by atoms with E-state index in [1.807, 2.05) is 0 Å². The molecule has 19 heavy (non-hydrogen) atoms. The van der Waals surface area contributed by atoms with Gasteiger partial charge in [-0.2, -0.15) is 5.10 Å². The average Bonchev–Trinajstić information content (AvgIpc) is 2.99. The minimum absolute atomic E-state index is 0.00892. The summed E-state index contributed by atoms with van der Waals surface area (Å²) in [6.45, 7) is 0.591. The molecule has 2 heterocycles. The molecule has 2 rings (SSSR count). The lowest BCUT2D eigenvalue weighted by Crippen LogP contribution is -2.27. The molecule has 0 saturated carbocycles. The van der Waals surface area contributed by atoms with Gasteiger partial charge in [0.25, 0.3) is 0 Å². The Morgan fingerprint density at radius 3 is 2.89 bits per heavy atom. The molecule has 2 N–H and O–H groups in total. The zero-order valence-corrected chi connectivity index (χ0v) is 11.3. The number of aromatic nitrogens is 2. The van der Waals surface area contributed by atoms with Crippen LogP contribution in [0.15, 0.2) is 34.1 Å². The van der Waals surface area contributed by atoms with Gasteiger partial charge in [-0.3, -0.25) is 4.68 Å². The molecule has 2 aromatic heterocycles. The molecular weight excluding hydrogens is 290 g/mol. The Kier molecular flexibility index (Phi) is 3.98. The maximum atomic E-state index is 11.9. The maximum Gasteiger partial charge on any atom is 0.336 e. The summed E-state index contributed by atoms with van der Waals surface area (Å²) in [7, 11) is -3.66. The number of carboxylic acid groups (broad SMARTS) is 1. The Morgan fingerprint density at radius 1 is 1.53 bits per heavy atom. The molecule has 102 valence electrons. The molecule has 0 atom stereocenters. The second-order valence-corrected chi connectivity index (χ2v) is 6.53.